The van der Waals surface area contributed by atoms with Crippen molar-refractivity contribution < 1.29 is 17.0 Å². The van der Waals surface area contributed by atoms with Crippen LogP contribution in [0.1, 0.15) is 13.8 Å². The summed E-state index contributed by atoms with van der Waals surface area (Å²) in [5.41, 5.74) is 2.30. The third-order valence-corrected chi connectivity index (χ3v) is 3.96. The third kappa shape index (κ3) is 4.05. The average Bonchev–Trinajstić information content (AvgIpc) is 2.95. The predicted octanol–water partition coefficient (Wildman–Crippen LogP) is -0.0610. The number of imidazole rings is 1. The van der Waals surface area contributed by atoms with Gasteiger partial charge in [0.05, 0.1) is 18.4 Å². The van der Waals surface area contributed by atoms with E-state index in [1.165, 1.54) is 6.34 Å². The lowest BCUT2D eigenvalue weighted by Gasteiger charge is -1.94. The van der Waals surface area contributed by atoms with Crippen molar-refractivity contribution in [2.75, 3.05) is 0 Å². The molecule has 1 aromatic carbocycles. The number of fused-ring (bicyclic) bond motifs is 1. The molecule has 0 fully saturated rings. The Kier molecular flexibility index (Phi) is 6.80. The van der Waals surface area contributed by atoms with Gasteiger partial charge >= 0.3 is 5.95 Å². The highest BCUT2D eigenvalue weighted by atomic mass is 35.5. The molecule has 0 N–H and O–H groups in total. The zero-order chi connectivity index (χ0) is 17.6. The van der Waals surface area contributed by atoms with Crippen molar-refractivity contribution in [3.63, 3.8) is 0 Å². The molecule has 0 saturated carbocycles. The number of pyridine rings is 1. The Labute approximate surface area is 158 Å². The van der Waals surface area contributed by atoms with Gasteiger partial charge in [-0.25, -0.2) is 9.13 Å². The summed E-state index contributed by atoms with van der Waals surface area (Å²) in [6, 6.07) is 12.0. The van der Waals surface area contributed by atoms with Crippen molar-refractivity contribution in [3.8, 4) is 0 Å². The van der Waals surface area contributed by atoms with E-state index in [1.54, 1.807) is 0 Å². The highest BCUT2D eigenvalue weighted by molar-refractivity contribution is 5.73. The molecule has 7 nitrogen and oxygen atoms in total. The maximum Gasteiger partial charge on any atom is 0.422 e. The number of rotatable bonds is 5. The zero-order valence-corrected chi connectivity index (χ0v) is 15.9. The molecule has 0 amide bonds. The first-order valence-electron chi connectivity index (χ1n) is 8.34. The van der Waals surface area contributed by atoms with Crippen LogP contribution in [0.2, 0.25) is 0 Å². The summed E-state index contributed by atoms with van der Waals surface area (Å²) >= 11 is 0. The molecule has 0 aliphatic heterocycles. The van der Waals surface area contributed by atoms with Gasteiger partial charge in [-0.2, -0.15) is 0 Å². The molecule has 0 spiro atoms. The van der Waals surface area contributed by atoms with E-state index < -0.39 is 0 Å². The molecule has 3 aromatic rings. The van der Waals surface area contributed by atoms with Gasteiger partial charge in [-0.3, -0.25) is 0 Å². The molecule has 0 aliphatic rings. The molecule has 0 unspecified atom stereocenters. The number of hydrogen-bond donors (Lipinski definition) is 0. The Morgan fingerprint density at radius 2 is 1.81 bits per heavy atom. The Morgan fingerprint density at radius 3 is 2.50 bits per heavy atom. The molecule has 2 heterocycles. The second kappa shape index (κ2) is 9.05. The number of azo groups is 1. The van der Waals surface area contributed by atoms with Crippen LogP contribution in [-0.4, -0.2) is 15.5 Å². The quantitative estimate of drug-likeness (QED) is 0.198. The standard InChI is InChI=1S/C18H22N7.ClH/c1-4-24-16-8-6-7-9-17(16)25(5-2)18(24)22-20-14-19-21-15-10-12-23(3)13-11-15;/h6-14H,4-5H2,1-3H3;1H/q+1;/p-1. The first-order chi connectivity index (χ1) is 12.2. The summed E-state index contributed by atoms with van der Waals surface area (Å²) in [6.07, 6.45) is 5.20. The van der Waals surface area contributed by atoms with E-state index in [4.69, 9.17) is 0 Å². The van der Waals surface area contributed by atoms with E-state index >= 15 is 0 Å². The molecule has 3 rings (SSSR count). The molecule has 136 valence electrons. The SMILES string of the molecule is CCn1c(N=NC=NN=c2ccn(C)cc2)[n+](CC)c2ccccc21.[Cl-]. The summed E-state index contributed by atoms with van der Waals surface area (Å²) in [4.78, 5) is 0. The van der Waals surface area contributed by atoms with E-state index in [0.29, 0.717) is 0 Å². The summed E-state index contributed by atoms with van der Waals surface area (Å²) in [7, 11) is 1.96. The van der Waals surface area contributed by atoms with Crippen LogP contribution >= 0.6 is 0 Å². The topological polar surface area (TPSA) is 63.2 Å². The number of nitrogens with zero attached hydrogens (tertiary/aromatic N) is 7. The molecular formula is C18H22ClN7. The maximum atomic E-state index is 4.37. The largest absolute Gasteiger partial charge is 1.00 e. The second-order valence-corrected chi connectivity index (χ2v) is 5.55. The van der Waals surface area contributed by atoms with Gasteiger partial charge < -0.3 is 17.0 Å². The normalized spacial score (nSPS) is 11.3. The highest BCUT2D eigenvalue weighted by Crippen LogP contribution is 2.19. The molecule has 0 radical (unpaired) electrons. The minimum atomic E-state index is 0. The monoisotopic (exact) mass is 371 g/mol. The Bertz CT molecular complexity index is 937. The molecule has 0 atom stereocenters. The van der Waals surface area contributed by atoms with Crippen LogP contribution in [0.25, 0.3) is 11.0 Å². The highest BCUT2D eigenvalue weighted by Gasteiger charge is 2.21. The third-order valence-electron chi connectivity index (χ3n) is 3.96. The van der Waals surface area contributed by atoms with E-state index in [1.807, 2.05) is 48.3 Å². The summed E-state index contributed by atoms with van der Waals surface area (Å²) < 4.78 is 6.23. The van der Waals surface area contributed by atoms with Crippen molar-refractivity contribution in [2.24, 2.45) is 27.5 Å². The molecule has 8 heteroatoms. The lowest BCUT2D eigenvalue weighted by atomic mass is 10.3. The summed E-state index contributed by atoms with van der Waals surface area (Å²) in [5.74, 6) is 0.810. The number of hydrogen-bond acceptors (Lipinski definition) is 3. The minimum Gasteiger partial charge on any atom is -1.00 e. The second-order valence-electron chi connectivity index (χ2n) is 5.55. The van der Waals surface area contributed by atoms with Gasteiger partial charge in [-0.05, 0) is 38.1 Å². The lowest BCUT2D eigenvalue weighted by Crippen LogP contribution is -3.00. The Hall–Kier alpha value is -2.80. The number of halogens is 1. The first-order valence-corrected chi connectivity index (χ1v) is 8.34. The van der Waals surface area contributed by atoms with E-state index in [2.05, 4.69) is 55.5 Å². The van der Waals surface area contributed by atoms with Crippen LogP contribution in [0.4, 0.5) is 5.95 Å². The molecule has 0 aliphatic carbocycles. The van der Waals surface area contributed by atoms with Gasteiger partial charge in [0, 0.05) is 24.6 Å². The minimum absolute atomic E-state index is 0. The summed E-state index contributed by atoms with van der Waals surface area (Å²) in [6.45, 7) is 5.85. The van der Waals surface area contributed by atoms with Gasteiger partial charge in [-0.15, -0.1) is 10.2 Å². The van der Waals surface area contributed by atoms with Crippen LogP contribution in [0.3, 0.4) is 0 Å². The van der Waals surface area contributed by atoms with Crippen LogP contribution in [-0.2, 0) is 20.1 Å². The molecule has 0 saturated heterocycles. The molecule has 26 heavy (non-hydrogen) atoms. The molecular weight excluding hydrogens is 350 g/mol. The van der Waals surface area contributed by atoms with Gasteiger partial charge in [-0.1, -0.05) is 17.2 Å². The van der Waals surface area contributed by atoms with Crippen LogP contribution in [0.15, 0.2) is 69.2 Å². The predicted molar refractivity (Wildman–Crippen MR) is 97.5 cm³/mol. The van der Waals surface area contributed by atoms with Crippen LogP contribution in [0, 0.1) is 0 Å². The van der Waals surface area contributed by atoms with Crippen molar-refractivity contribution in [1.29, 1.82) is 0 Å². The molecule has 0 bridgehead atoms. The first kappa shape index (κ1) is 19.5. The van der Waals surface area contributed by atoms with Gasteiger partial charge in [0.2, 0.25) is 0 Å². The van der Waals surface area contributed by atoms with E-state index in [9.17, 15) is 0 Å². The van der Waals surface area contributed by atoms with Crippen LogP contribution in [0.5, 0.6) is 0 Å². The molecule has 2 aromatic heterocycles. The fraction of sp³-hybridized carbons (Fsp3) is 0.278. The number of aromatic nitrogens is 3. The number of benzene rings is 1. The van der Waals surface area contributed by atoms with Crippen molar-refractivity contribution in [1.82, 2.24) is 9.13 Å². The van der Waals surface area contributed by atoms with Gasteiger partial charge in [0.25, 0.3) is 0 Å². The zero-order valence-electron chi connectivity index (χ0n) is 15.1. The summed E-state index contributed by atoms with van der Waals surface area (Å²) in [5, 5.41) is 17.3. The van der Waals surface area contributed by atoms with Crippen molar-refractivity contribution in [3.05, 3.63) is 54.1 Å². The van der Waals surface area contributed by atoms with Crippen molar-refractivity contribution in [2.45, 2.75) is 26.9 Å². The van der Waals surface area contributed by atoms with Crippen molar-refractivity contribution >= 4 is 23.3 Å². The Balaban J connectivity index is 0.00000243. The fourth-order valence-electron chi connectivity index (χ4n) is 2.77. The lowest BCUT2D eigenvalue weighted by molar-refractivity contribution is -0.655. The number of aryl methyl sites for hydroxylation is 3. The van der Waals surface area contributed by atoms with E-state index in [0.717, 1.165) is 35.4 Å². The van der Waals surface area contributed by atoms with Gasteiger partial charge in [0.15, 0.2) is 6.34 Å². The maximum absolute atomic E-state index is 4.37. The van der Waals surface area contributed by atoms with E-state index in [-0.39, 0.29) is 12.4 Å². The average molecular weight is 372 g/mol. The van der Waals surface area contributed by atoms with Crippen LogP contribution < -0.4 is 22.3 Å². The number of para-hydroxylation sites is 2. The fourth-order valence-corrected chi connectivity index (χ4v) is 2.77. The smallest absolute Gasteiger partial charge is 0.422 e. The van der Waals surface area contributed by atoms with Gasteiger partial charge in [0.1, 0.15) is 11.0 Å². The Morgan fingerprint density at radius 1 is 1.08 bits per heavy atom.